The zero-order chi connectivity index (χ0) is 13.6. The lowest BCUT2D eigenvalue weighted by Gasteiger charge is -2.36. The third-order valence-electron chi connectivity index (χ3n) is 4.11. The van der Waals surface area contributed by atoms with E-state index in [4.69, 9.17) is 4.42 Å². The first-order valence-electron chi connectivity index (χ1n) is 7.22. The van der Waals surface area contributed by atoms with Crippen LogP contribution >= 0.6 is 0 Å². The molecule has 1 heterocycles. The van der Waals surface area contributed by atoms with Gasteiger partial charge in [0.2, 0.25) is 5.91 Å². The van der Waals surface area contributed by atoms with E-state index >= 15 is 0 Å². The Kier molecular flexibility index (Phi) is 5.02. The highest BCUT2D eigenvalue weighted by Gasteiger charge is 2.32. The van der Waals surface area contributed by atoms with Crippen LogP contribution in [0.3, 0.4) is 0 Å². The molecule has 1 amide bonds. The standard InChI is InChI=1S/C15H24N2O2/c1-16-15(8-3-2-4-9-15)12-14(18)17-10-7-13-6-5-11-19-13/h5-6,11,16H,2-4,7-10,12H2,1H3,(H,17,18). The van der Waals surface area contributed by atoms with E-state index in [2.05, 4.69) is 10.6 Å². The van der Waals surface area contributed by atoms with Crippen molar-refractivity contribution in [2.75, 3.05) is 13.6 Å². The molecule has 0 aromatic carbocycles. The molecule has 0 spiro atoms. The summed E-state index contributed by atoms with van der Waals surface area (Å²) in [5, 5.41) is 6.36. The molecular formula is C15H24N2O2. The minimum Gasteiger partial charge on any atom is -0.469 e. The largest absolute Gasteiger partial charge is 0.469 e. The Hall–Kier alpha value is -1.29. The van der Waals surface area contributed by atoms with E-state index in [-0.39, 0.29) is 11.4 Å². The number of amides is 1. The van der Waals surface area contributed by atoms with E-state index in [1.807, 2.05) is 19.2 Å². The summed E-state index contributed by atoms with van der Waals surface area (Å²) in [5.74, 6) is 1.06. The number of hydrogen-bond acceptors (Lipinski definition) is 3. The topological polar surface area (TPSA) is 54.3 Å². The van der Waals surface area contributed by atoms with E-state index in [9.17, 15) is 4.79 Å². The van der Waals surface area contributed by atoms with Crippen molar-refractivity contribution in [1.82, 2.24) is 10.6 Å². The minimum absolute atomic E-state index is 0.0208. The van der Waals surface area contributed by atoms with Crippen molar-refractivity contribution in [3.63, 3.8) is 0 Å². The molecule has 0 aliphatic heterocycles. The van der Waals surface area contributed by atoms with Crippen LogP contribution < -0.4 is 10.6 Å². The van der Waals surface area contributed by atoms with Crippen molar-refractivity contribution in [1.29, 1.82) is 0 Å². The maximum Gasteiger partial charge on any atom is 0.221 e. The van der Waals surface area contributed by atoms with Crippen LogP contribution in [0.2, 0.25) is 0 Å². The first-order chi connectivity index (χ1) is 9.24. The molecule has 19 heavy (non-hydrogen) atoms. The van der Waals surface area contributed by atoms with Crippen LogP contribution in [0.1, 0.15) is 44.3 Å². The van der Waals surface area contributed by atoms with Gasteiger partial charge >= 0.3 is 0 Å². The summed E-state index contributed by atoms with van der Waals surface area (Å²) in [7, 11) is 1.97. The van der Waals surface area contributed by atoms with Crippen molar-refractivity contribution in [3.05, 3.63) is 24.2 Å². The Labute approximate surface area is 114 Å². The Balaban J connectivity index is 1.73. The quantitative estimate of drug-likeness (QED) is 0.828. The zero-order valence-electron chi connectivity index (χ0n) is 11.7. The van der Waals surface area contributed by atoms with Gasteiger partial charge in [0, 0.05) is 24.9 Å². The lowest BCUT2D eigenvalue weighted by molar-refractivity contribution is -0.122. The summed E-state index contributed by atoms with van der Waals surface area (Å²) >= 11 is 0. The highest BCUT2D eigenvalue weighted by atomic mass is 16.3. The van der Waals surface area contributed by atoms with Gasteiger partial charge in [-0.2, -0.15) is 0 Å². The van der Waals surface area contributed by atoms with Crippen LogP contribution in [-0.4, -0.2) is 25.0 Å². The summed E-state index contributed by atoms with van der Waals surface area (Å²) in [4.78, 5) is 12.0. The van der Waals surface area contributed by atoms with E-state index < -0.39 is 0 Å². The number of carbonyl (C=O) groups excluding carboxylic acids is 1. The van der Waals surface area contributed by atoms with Gasteiger partial charge in [-0.1, -0.05) is 19.3 Å². The second kappa shape index (κ2) is 6.75. The molecule has 1 aromatic heterocycles. The van der Waals surface area contributed by atoms with Gasteiger partial charge in [-0.25, -0.2) is 0 Å². The van der Waals surface area contributed by atoms with Crippen molar-refractivity contribution >= 4 is 5.91 Å². The number of nitrogens with one attached hydrogen (secondary N) is 2. The predicted molar refractivity (Wildman–Crippen MR) is 74.9 cm³/mol. The summed E-state index contributed by atoms with van der Waals surface area (Å²) in [6, 6.07) is 3.80. The number of hydrogen-bond donors (Lipinski definition) is 2. The van der Waals surface area contributed by atoms with Gasteiger partial charge < -0.3 is 15.1 Å². The molecule has 0 saturated heterocycles. The number of rotatable bonds is 6. The average Bonchev–Trinajstić information content (AvgIpc) is 2.93. The molecule has 4 heteroatoms. The summed E-state index contributed by atoms with van der Waals surface area (Å²) in [6.07, 6.45) is 8.96. The second-order valence-corrected chi connectivity index (χ2v) is 5.45. The van der Waals surface area contributed by atoms with Crippen molar-refractivity contribution in [2.45, 2.75) is 50.5 Å². The fourth-order valence-corrected chi connectivity index (χ4v) is 2.89. The number of furan rings is 1. The molecule has 1 aliphatic rings. The summed E-state index contributed by atoms with van der Waals surface area (Å²) in [5.41, 5.74) is 0.0208. The molecule has 1 aromatic rings. The molecule has 0 radical (unpaired) electrons. The fraction of sp³-hybridized carbons (Fsp3) is 0.667. The zero-order valence-corrected chi connectivity index (χ0v) is 11.7. The van der Waals surface area contributed by atoms with Gasteiger partial charge in [0.25, 0.3) is 0 Å². The third kappa shape index (κ3) is 4.10. The minimum atomic E-state index is 0.0208. The van der Waals surface area contributed by atoms with E-state index in [1.165, 1.54) is 19.3 Å². The Morgan fingerprint density at radius 2 is 2.16 bits per heavy atom. The highest BCUT2D eigenvalue weighted by Crippen LogP contribution is 2.30. The molecule has 0 unspecified atom stereocenters. The lowest BCUT2D eigenvalue weighted by atomic mass is 9.79. The monoisotopic (exact) mass is 264 g/mol. The molecule has 1 aliphatic carbocycles. The molecular weight excluding hydrogens is 240 g/mol. The van der Waals surface area contributed by atoms with Crippen LogP contribution in [0.4, 0.5) is 0 Å². The highest BCUT2D eigenvalue weighted by molar-refractivity contribution is 5.77. The molecule has 4 nitrogen and oxygen atoms in total. The molecule has 1 saturated carbocycles. The smallest absolute Gasteiger partial charge is 0.221 e. The summed E-state index contributed by atoms with van der Waals surface area (Å²) in [6.45, 7) is 0.645. The van der Waals surface area contributed by atoms with Crippen molar-refractivity contribution in [2.24, 2.45) is 0 Å². The van der Waals surface area contributed by atoms with Gasteiger partial charge in [0.1, 0.15) is 5.76 Å². The van der Waals surface area contributed by atoms with Crippen molar-refractivity contribution in [3.8, 4) is 0 Å². The van der Waals surface area contributed by atoms with Gasteiger partial charge in [0.15, 0.2) is 0 Å². The van der Waals surface area contributed by atoms with Crippen LogP contribution in [-0.2, 0) is 11.2 Å². The predicted octanol–water partition coefficient (Wildman–Crippen LogP) is 2.25. The van der Waals surface area contributed by atoms with E-state index in [1.54, 1.807) is 6.26 Å². The molecule has 2 N–H and O–H groups in total. The lowest BCUT2D eigenvalue weighted by Crippen LogP contribution is -2.48. The molecule has 106 valence electrons. The number of carbonyl (C=O) groups is 1. The molecule has 0 bridgehead atoms. The van der Waals surface area contributed by atoms with Crippen LogP contribution in [0.15, 0.2) is 22.8 Å². The SMILES string of the molecule is CNC1(CC(=O)NCCc2ccco2)CCCCC1. The fourth-order valence-electron chi connectivity index (χ4n) is 2.89. The Morgan fingerprint density at radius 1 is 1.37 bits per heavy atom. The van der Waals surface area contributed by atoms with E-state index in [0.29, 0.717) is 13.0 Å². The van der Waals surface area contributed by atoms with Gasteiger partial charge in [-0.15, -0.1) is 0 Å². The Morgan fingerprint density at radius 3 is 2.79 bits per heavy atom. The van der Waals surface area contributed by atoms with Gasteiger partial charge in [0.05, 0.1) is 6.26 Å². The van der Waals surface area contributed by atoms with Gasteiger partial charge in [-0.3, -0.25) is 4.79 Å². The first kappa shape index (κ1) is 14.1. The summed E-state index contributed by atoms with van der Waals surface area (Å²) < 4.78 is 5.24. The van der Waals surface area contributed by atoms with Crippen LogP contribution in [0.5, 0.6) is 0 Å². The normalized spacial score (nSPS) is 18.2. The molecule has 1 fully saturated rings. The van der Waals surface area contributed by atoms with Crippen LogP contribution in [0.25, 0.3) is 0 Å². The molecule has 2 rings (SSSR count). The second-order valence-electron chi connectivity index (χ2n) is 5.45. The Bertz CT molecular complexity index is 381. The van der Waals surface area contributed by atoms with Crippen molar-refractivity contribution < 1.29 is 9.21 Å². The average molecular weight is 264 g/mol. The van der Waals surface area contributed by atoms with E-state index in [0.717, 1.165) is 25.0 Å². The maximum absolute atomic E-state index is 12.0. The maximum atomic E-state index is 12.0. The van der Waals surface area contributed by atoms with Crippen LogP contribution in [0, 0.1) is 0 Å². The first-order valence-corrected chi connectivity index (χ1v) is 7.22. The van der Waals surface area contributed by atoms with Gasteiger partial charge in [-0.05, 0) is 32.0 Å². The third-order valence-corrected chi connectivity index (χ3v) is 4.11. The molecule has 0 atom stereocenters.